The Bertz CT molecular complexity index is 341. The van der Waals surface area contributed by atoms with Crippen molar-refractivity contribution < 1.29 is 14.4 Å². The molecule has 1 heterocycles. The number of aliphatic carboxylic acids is 1. The highest BCUT2D eigenvalue weighted by molar-refractivity contribution is 5.76. The van der Waals surface area contributed by atoms with Crippen LogP contribution in [0, 0.1) is 5.92 Å². The van der Waals surface area contributed by atoms with Gasteiger partial charge < -0.3 is 9.63 Å². The smallest absolute Gasteiger partial charge is 0.314 e. The number of carbonyl (C=O) groups is 1. The number of aromatic nitrogens is 1. The van der Waals surface area contributed by atoms with Gasteiger partial charge >= 0.3 is 5.97 Å². The summed E-state index contributed by atoms with van der Waals surface area (Å²) >= 11 is 0. The average molecular weight is 195 g/mol. The van der Waals surface area contributed by atoms with E-state index in [0.717, 1.165) is 25.0 Å². The Balaban J connectivity index is 2.21. The maximum Gasteiger partial charge on any atom is 0.314 e. The van der Waals surface area contributed by atoms with Gasteiger partial charge in [-0.1, -0.05) is 12.1 Å². The van der Waals surface area contributed by atoms with Crippen molar-refractivity contribution in [3.63, 3.8) is 0 Å². The highest BCUT2D eigenvalue weighted by atomic mass is 16.5. The minimum atomic E-state index is -0.800. The van der Waals surface area contributed by atoms with Gasteiger partial charge in [-0.25, -0.2) is 0 Å². The first-order valence-electron chi connectivity index (χ1n) is 4.90. The van der Waals surface area contributed by atoms with Crippen molar-refractivity contribution in [2.75, 3.05) is 0 Å². The molecule has 1 N–H and O–H groups in total. The molecule has 0 saturated heterocycles. The van der Waals surface area contributed by atoms with E-state index in [0.29, 0.717) is 5.76 Å². The van der Waals surface area contributed by atoms with Gasteiger partial charge in [-0.05, 0) is 25.2 Å². The van der Waals surface area contributed by atoms with Crippen molar-refractivity contribution in [1.82, 2.24) is 5.16 Å². The quantitative estimate of drug-likeness (QED) is 0.795. The number of hydrogen-bond donors (Lipinski definition) is 1. The van der Waals surface area contributed by atoms with E-state index in [4.69, 9.17) is 9.63 Å². The highest BCUT2D eigenvalue weighted by Crippen LogP contribution is 2.42. The molecular weight excluding hydrogens is 182 g/mol. The molecule has 1 aliphatic rings. The molecule has 1 unspecified atom stereocenters. The molecule has 0 amide bonds. The second-order valence-corrected chi connectivity index (χ2v) is 3.73. The lowest BCUT2D eigenvalue weighted by Crippen LogP contribution is -2.12. The first-order chi connectivity index (χ1) is 6.72. The predicted molar refractivity (Wildman–Crippen MR) is 49.0 cm³/mol. The standard InChI is InChI=1S/C10H13NO3/c1-2-7-5-8(14-11-7)9(10(12)13)6-3-4-6/h5-6,9H,2-4H2,1H3,(H,12,13). The maximum atomic E-state index is 11.0. The summed E-state index contributed by atoms with van der Waals surface area (Å²) in [5.74, 6) is -0.517. The number of rotatable bonds is 4. The van der Waals surface area contributed by atoms with Crippen molar-refractivity contribution in [3.05, 3.63) is 17.5 Å². The summed E-state index contributed by atoms with van der Waals surface area (Å²) in [5, 5.41) is 12.8. The molecule has 0 aliphatic heterocycles. The van der Waals surface area contributed by atoms with Crippen LogP contribution in [0.4, 0.5) is 0 Å². The zero-order valence-corrected chi connectivity index (χ0v) is 8.06. The molecule has 0 spiro atoms. The second kappa shape index (κ2) is 3.44. The van der Waals surface area contributed by atoms with E-state index in [2.05, 4.69) is 5.16 Å². The second-order valence-electron chi connectivity index (χ2n) is 3.73. The summed E-state index contributed by atoms with van der Waals surface area (Å²) in [7, 11) is 0. The van der Waals surface area contributed by atoms with E-state index in [1.54, 1.807) is 6.07 Å². The van der Waals surface area contributed by atoms with Crippen molar-refractivity contribution in [2.24, 2.45) is 5.92 Å². The van der Waals surface area contributed by atoms with Gasteiger partial charge in [0.05, 0.1) is 5.69 Å². The van der Waals surface area contributed by atoms with Crippen molar-refractivity contribution in [2.45, 2.75) is 32.1 Å². The molecule has 4 nitrogen and oxygen atoms in total. The minimum absolute atomic E-state index is 0.255. The van der Waals surface area contributed by atoms with Crippen LogP contribution in [0.2, 0.25) is 0 Å². The summed E-state index contributed by atoms with van der Waals surface area (Å²) < 4.78 is 5.05. The number of nitrogens with zero attached hydrogens (tertiary/aromatic N) is 1. The van der Waals surface area contributed by atoms with Crippen LogP contribution in [0.5, 0.6) is 0 Å². The van der Waals surface area contributed by atoms with Crippen LogP contribution >= 0.6 is 0 Å². The molecule has 1 aliphatic carbocycles. The molecule has 4 heteroatoms. The van der Waals surface area contributed by atoms with E-state index < -0.39 is 11.9 Å². The van der Waals surface area contributed by atoms with Gasteiger partial charge in [-0.2, -0.15) is 0 Å². The number of carboxylic acids is 1. The van der Waals surface area contributed by atoms with Gasteiger partial charge in [0.15, 0.2) is 5.76 Å². The Labute approximate surface area is 81.9 Å². The molecule has 1 aromatic rings. The third-order valence-electron chi connectivity index (χ3n) is 2.61. The first-order valence-corrected chi connectivity index (χ1v) is 4.90. The lowest BCUT2D eigenvalue weighted by Gasteiger charge is -2.04. The van der Waals surface area contributed by atoms with Gasteiger partial charge in [-0.3, -0.25) is 4.79 Å². The lowest BCUT2D eigenvalue weighted by atomic mass is 10.0. The highest BCUT2D eigenvalue weighted by Gasteiger charge is 2.39. The first kappa shape index (κ1) is 9.24. The van der Waals surface area contributed by atoms with E-state index in [1.807, 2.05) is 6.92 Å². The van der Waals surface area contributed by atoms with E-state index in [9.17, 15) is 4.79 Å². The fourth-order valence-electron chi connectivity index (χ4n) is 1.63. The molecule has 14 heavy (non-hydrogen) atoms. The average Bonchev–Trinajstić information content (AvgIpc) is 2.83. The summed E-state index contributed by atoms with van der Waals surface area (Å²) in [6.07, 6.45) is 2.75. The fraction of sp³-hybridized carbons (Fsp3) is 0.600. The number of carboxylic acid groups (broad SMARTS) is 1. The summed E-state index contributed by atoms with van der Waals surface area (Å²) in [6, 6.07) is 1.76. The van der Waals surface area contributed by atoms with Crippen LogP contribution in [0.1, 0.15) is 37.1 Å². The van der Waals surface area contributed by atoms with Gasteiger partial charge in [0.1, 0.15) is 5.92 Å². The molecule has 1 aromatic heterocycles. The molecule has 0 aromatic carbocycles. The van der Waals surface area contributed by atoms with Crippen LogP contribution in [-0.4, -0.2) is 16.2 Å². The molecule has 0 bridgehead atoms. The Hall–Kier alpha value is -1.32. The Kier molecular flexibility index (Phi) is 2.27. The zero-order chi connectivity index (χ0) is 10.1. The molecule has 1 atom stereocenters. The third kappa shape index (κ3) is 1.64. The Morgan fingerprint density at radius 1 is 1.79 bits per heavy atom. The molecule has 0 radical (unpaired) electrons. The number of hydrogen-bond acceptors (Lipinski definition) is 3. The lowest BCUT2D eigenvalue weighted by molar-refractivity contribution is -0.139. The predicted octanol–water partition coefficient (Wildman–Crippen LogP) is 1.82. The molecule has 1 saturated carbocycles. The maximum absolute atomic E-state index is 11.0. The largest absolute Gasteiger partial charge is 0.481 e. The van der Waals surface area contributed by atoms with Crippen LogP contribution in [-0.2, 0) is 11.2 Å². The summed E-state index contributed by atoms with van der Waals surface area (Å²) in [5.41, 5.74) is 0.826. The van der Waals surface area contributed by atoms with Crippen molar-refractivity contribution in [3.8, 4) is 0 Å². The molecule has 76 valence electrons. The minimum Gasteiger partial charge on any atom is -0.481 e. The zero-order valence-electron chi connectivity index (χ0n) is 8.06. The SMILES string of the molecule is CCc1cc(C(C(=O)O)C2CC2)on1. The van der Waals surface area contributed by atoms with Crippen molar-refractivity contribution >= 4 is 5.97 Å². The molecule has 2 rings (SSSR count). The van der Waals surface area contributed by atoms with Crippen LogP contribution in [0.15, 0.2) is 10.6 Å². The van der Waals surface area contributed by atoms with Crippen LogP contribution in [0.25, 0.3) is 0 Å². The van der Waals surface area contributed by atoms with Crippen molar-refractivity contribution in [1.29, 1.82) is 0 Å². The van der Waals surface area contributed by atoms with E-state index in [-0.39, 0.29) is 5.92 Å². The summed E-state index contributed by atoms with van der Waals surface area (Å²) in [6.45, 7) is 1.97. The van der Waals surface area contributed by atoms with E-state index in [1.165, 1.54) is 0 Å². The number of aryl methyl sites for hydroxylation is 1. The monoisotopic (exact) mass is 195 g/mol. The van der Waals surface area contributed by atoms with Gasteiger partial charge in [0, 0.05) is 6.07 Å². The fourth-order valence-corrected chi connectivity index (χ4v) is 1.63. The summed E-state index contributed by atoms with van der Waals surface area (Å²) in [4.78, 5) is 11.0. The topological polar surface area (TPSA) is 63.3 Å². The molecule has 1 fully saturated rings. The van der Waals surface area contributed by atoms with Gasteiger partial charge in [0.2, 0.25) is 0 Å². The third-order valence-corrected chi connectivity index (χ3v) is 2.61. The van der Waals surface area contributed by atoms with Crippen LogP contribution < -0.4 is 0 Å². The van der Waals surface area contributed by atoms with Crippen LogP contribution in [0.3, 0.4) is 0 Å². The van der Waals surface area contributed by atoms with Gasteiger partial charge in [-0.15, -0.1) is 0 Å². The van der Waals surface area contributed by atoms with E-state index >= 15 is 0 Å². The molecular formula is C10H13NO3. The van der Waals surface area contributed by atoms with Gasteiger partial charge in [0.25, 0.3) is 0 Å². The normalized spacial score (nSPS) is 18.1. The Morgan fingerprint density at radius 2 is 2.50 bits per heavy atom. The Morgan fingerprint density at radius 3 is 2.93 bits per heavy atom.